The largest absolute Gasteiger partial charge is 0.0654 e. The molecular weight excluding hydrogens is 228 g/mol. The molecular formula is C19H29. The molecule has 1 aromatic rings. The molecule has 2 rings (SSSR count). The summed E-state index contributed by atoms with van der Waals surface area (Å²) < 4.78 is 0. The maximum absolute atomic E-state index is 2.34. The lowest BCUT2D eigenvalue weighted by Crippen LogP contribution is -2.13. The molecule has 0 amide bonds. The molecule has 1 aliphatic carbocycles. The Labute approximate surface area is 119 Å². The lowest BCUT2D eigenvalue weighted by atomic mass is 9.77. The van der Waals surface area contributed by atoms with Crippen LogP contribution in [-0.4, -0.2) is 0 Å². The van der Waals surface area contributed by atoms with Crippen molar-refractivity contribution in [2.45, 2.75) is 71.1 Å². The summed E-state index contributed by atoms with van der Waals surface area (Å²) in [5, 5.41) is 0. The molecule has 0 atom stereocenters. The van der Waals surface area contributed by atoms with Crippen LogP contribution in [0.15, 0.2) is 24.3 Å². The van der Waals surface area contributed by atoms with Gasteiger partial charge in [0.1, 0.15) is 0 Å². The number of benzene rings is 1. The predicted molar refractivity (Wildman–Crippen MR) is 84.4 cm³/mol. The average molecular weight is 257 g/mol. The van der Waals surface area contributed by atoms with Gasteiger partial charge in [-0.3, -0.25) is 0 Å². The van der Waals surface area contributed by atoms with Crippen molar-refractivity contribution in [3.63, 3.8) is 0 Å². The Hall–Kier alpha value is -0.780. The fourth-order valence-corrected chi connectivity index (χ4v) is 3.43. The summed E-state index contributed by atoms with van der Waals surface area (Å²) in [6.45, 7) is 4.41. The number of rotatable bonds is 6. The van der Waals surface area contributed by atoms with Crippen LogP contribution in [-0.2, 0) is 0 Å². The molecule has 0 aliphatic heterocycles. The van der Waals surface area contributed by atoms with Crippen LogP contribution < -0.4 is 0 Å². The minimum Gasteiger partial charge on any atom is -0.0654 e. The maximum Gasteiger partial charge on any atom is -0.0124 e. The van der Waals surface area contributed by atoms with Crippen LogP contribution in [0, 0.1) is 12.3 Å². The Morgan fingerprint density at radius 2 is 1.68 bits per heavy atom. The van der Waals surface area contributed by atoms with Gasteiger partial charge >= 0.3 is 0 Å². The first kappa shape index (κ1) is 14.6. The quantitative estimate of drug-likeness (QED) is 0.539. The third-order valence-corrected chi connectivity index (χ3v) is 4.80. The highest BCUT2D eigenvalue weighted by molar-refractivity contribution is 5.29. The lowest BCUT2D eigenvalue weighted by Gasteiger charge is -2.29. The molecule has 0 saturated heterocycles. The van der Waals surface area contributed by atoms with Gasteiger partial charge in [0.05, 0.1) is 0 Å². The molecule has 0 N–H and O–H groups in total. The number of hydrogen-bond donors (Lipinski definition) is 0. The van der Waals surface area contributed by atoms with Crippen molar-refractivity contribution < 1.29 is 0 Å². The number of unbranched alkanes of at least 4 members (excludes halogenated alkanes) is 2. The molecule has 1 fully saturated rings. The van der Waals surface area contributed by atoms with Gasteiger partial charge in [-0.2, -0.15) is 0 Å². The molecule has 0 bridgehead atoms. The third-order valence-electron chi connectivity index (χ3n) is 4.80. The van der Waals surface area contributed by atoms with E-state index in [-0.39, 0.29) is 0 Å². The summed E-state index contributed by atoms with van der Waals surface area (Å²) >= 11 is 0. The zero-order valence-electron chi connectivity index (χ0n) is 12.7. The fourth-order valence-electron chi connectivity index (χ4n) is 3.43. The Bertz CT molecular complexity index is 341. The smallest absolute Gasteiger partial charge is 0.0124 e. The fraction of sp³-hybridized carbons (Fsp3) is 0.632. The minimum atomic E-state index is 0.827. The van der Waals surface area contributed by atoms with E-state index in [2.05, 4.69) is 44.5 Å². The highest BCUT2D eigenvalue weighted by Crippen LogP contribution is 2.37. The minimum absolute atomic E-state index is 0.827. The van der Waals surface area contributed by atoms with Crippen molar-refractivity contribution in [3.8, 4) is 0 Å². The molecule has 0 heteroatoms. The van der Waals surface area contributed by atoms with Gasteiger partial charge in [0.15, 0.2) is 0 Å². The van der Waals surface area contributed by atoms with E-state index >= 15 is 0 Å². The van der Waals surface area contributed by atoms with Gasteiger partial charge in [-0.05, 0) is 55.1 Å². The summed E-state index contributed by atoms with van der Waals surface area (Å²) in [7, 11) is 0. The van der Waals surface area contributed by atoms with Crippen LogP contribution in [0.3, 0.4) is 0 Å². The topological polar surface area (TPSA) is 0 Å². The zero-order chi connectivity index (χ0) is 13.5. The molecule has 0 aromatic heterocycles. The summed E-state index contributed by atoms with van der Waals surface area (Å²) in [6.07, 6.45) is 13.6. The van der Waals surface area contributed by atoms with Crippen LogP contribution in [0.4, 0.5) is 0 Å². The van der Waals surface area contributed by atoms with Crippen LogP contribution in [0.25, 0.3) is 0 Å². The summed E-state index contributed by atoms with van der Waals surface area (Å²) in [5.74, 6) is 1.85. The summed E-state index contributed by atoms with van der Waals surface area (Å²) in [5.41, 5.74) is 2.91. The first-order valence-electron chi connectivity index (χ1n) is 8.22. The van der Waals surface area contributed by atoms with Crippen LogP contribution in [0.2, 0.25) is 0 Å². The second-order valence-electron chi connectivity index (χ2n) is 6.17. The van der Waals surface area contributed by atoms with Crippen LogP contribution in [0.5, 0.6) is 0 Å². The van der Waals surface area contributed by atoms with E-state index < -0.39 is 0 Å². The van der Waals surface area contributed by atoms with Gasteiger partial charge < -0.3 is 0 Å². The highest BCUT2D eigenvalue weighted by atomic mass is 14.3. The number of hydrogen-bond acceptors (Lipinski definition) is 0. The van der Waals surface area contributed by atoms with Gasteiger partial charge in [0, 0.05) is 0 Å². The lowest BCUT2D eigenvalue weighted by molar-refractivity contribution is 0.303. The maximum atomic E-state index is 2.34. The first-order chi connectivity index (χ1) is 9.33. The summed E-state index contributed by atoms with van der Waals surface area (Å²) in [6, 6.07) is 9.22. The van der Waals surface area contributed by atoms with E-state index in [0.29, 0.717) is 0 Å². The highest BCUT2D eigenvalue weighted by Gasteiger charge is 2.21. The second-order valence-corrected chi connectivity index (χ2v) is 6.17. The van der Waals surface area contributed by atoms with E-state index in [4.69, 9.17) is 0 Å². The third kappa shape index (κ3) is 4.37. The molecule has 1 aliphatic rings. The van der Waals surface area contributed by atoms with Crippen molar-refractivity contribution >= 4 is 0 Å². The molecule has 0 heterocycles. The molecule has 1 saturated carbocycles. The molecule has 0 unspecified atom stereocenters. The van der Waals surface area contributed by atoms with Crippen molar-refractivity contribution in [1.82, 2.24) is 0 Å². The first-order valence-corrected chi connectivity index (χ1v) is 8.22. The monoisotopic (exact) mass is 257 g/mol. The molecule has 0 spiro atoms. The van der Waals surface area contributed by atoms with Crippen LogP contribution >= 0.6 is 0 Å². The summed E-state index contributed by atoms with van der Waals surface area (Å²) in [4.78, 5) is 0. The van der Waals surface area contributed by atoms with Gasteiger partial charge in [-0.25, -0.2) is 0 Å². The Kier molecular flexibility index (Phi) is 5.94. The molecule has 0 nitrogen and oxygen atoms in total. The average Bonchev–Trinajstić information content (AvgIpc) is 2.48. The van der Waals surface area contributed by atoms with E-state index in [1.54, 1.807) is 5.56 Å². The van der Waals surface area contributed by atoms with Crippen LogP contribution in [0.1, 0.15) is 82.3 Å². The van der Waals surface area contributed by atoms with Crippen molar-refractivity contribution in [1.29, 1.82) is 0 Å². The normalized spacial score (nSPS) is 23.5. The van der Waals surface area contributed by atoms with E-state index in [1.165, 1.54) is 56.9 Å². The van der Waals surface area contributed by atoms with Gasteiger partial charge in [-0.15, -0.1) is 0 Å². The Morgan fingerprint density at radius 3 is 2.26 bits per heavy atom. The van der Waals surface area contributed by atoms with E-state index in [0.717, 1.165) is 11.8 Å². The standard InChI is InChI=1S/C19H29/c1-3-5-6-7-17-10-14-19(15-11-17)18-12-8-16(4-2)9-13-18/h4,8-9,12-13,17,19H,3,5-7,10-11,14-15H2,1-2H3. The van der Waals surface area contributed by atoms with Crippen molar-refractivity contribution in [2.75, 3.05) is 0 Å². The van der Waals surface area contributed by atoms with Gasteiger partial charge in [0.25, 0.3) is 0 Å². The van der Waals surface area contributed by atoms with E-state index in [1.807, 2.05) is 0 Å². The zero-order valence-corrected chi connectivity index (χ0v) is 12.7. The molecule has 105 valence electrons. The van der Waals surface area contributed by atoms with E-state index in [9.17, 15) is 0 Å². The molecule has 1 radical (unpaired) electrons. The molecule has 19 heavy (non-hydrogen) atoms. The van der Waals surface area contributed by atoms with Gasteiger partial charge in [0.2, 0.25) is 0 Å². The Morgan fingerprint density at radius 1 is 1.00 bits per heavy atom. The SMILES string of the molecule is C[CH]c1ccc(C2CCC(CCCCC)CC2)cc1. The Balaban J connectivity index is 1.78. The van der Waals surface area contributed by atoms with Crippen molar-refractivity contribution in [2.24, 2.45) is 5.92 Å². The molecule has 1 aromatic carbocycles. The predicted octanol–water partition coefficient (Wildman–Crippen LogP) is 6.11. The second kappa shape index (κ2) is 7.72. The van der Waals surface area contributed by atoms with Crippen molar-refractivity contribution in [3.05, 3.63) is 41.8 Å². The van der Waals surface area contributed by atoms with Gasteiger partial charge in [-0.1, -0.05) is 63.8 Å².